The summed E-state index contributed by atoms with van der Waals surface area (Å²) >= 11 is 0. The molecule has 0 spiro atoms. The lowest BCUT2D eigenvalue weighted by atomic mass is 10.0. The summed E-state index contributed by atoms with van der Waals surface area (Å²) in [6.07, 6.45) is 1.28. The van der Waals surface area contributed by atoms with Crippen molar-refractivity contribution in [1.82, 2.24) is 4.72 Å². The number of sulfonamides is 1. The lowest BCUT2D eigenvalue weighted by molar-refractivity contribution is 0.0554. The summed E-state index contributed by atoms with van der Waals surface area (Å²) in [5.41, 5.74) is -1.06. The summed E-state index contributed by atoms with van der Waals surface area (Å²) in [4.78, 5) is 0. The van der Waals surface area contributed by atoms with Gasteiger partial charge in [0.1, 0.15) is 0 Å². The van der Waals surface area contributed by atoms with Crippen LogP contribution < -0.4 is 4.72 Å². The Labute approximate surface area is 91.2 Å². The van der Waals surface area contributed by atoms with Crippen LogP contribution in [0.15, 0.2) is 0 Å². The molecule has 0 radical (unpaired) electrons. The van der Waals surface area contributed by atoms with Gasteiger partial charge in [0.15, 0.2) is 5.25 Å². The van der Waals surface area contributed by atoms with Crippen LogP contribution in [0.1, 0.15) is 33.6 Å². The van der Waals surface area contributed by atoms with Crippen LogP contribution in [0.2, 0.25) is 0 Å². The Morgan fingerprint density at radius 1 is 1.60 bits per heavy atom. The fourth-order valence-corrected chi connectivity index (χ4v) is 1.98. The number of aliphatic hydroxyl groups is 1. The van der Waals surface area contributed by atoms with Gasteiger partial charge in [0.25, 0.3) is 0 Å². The van der Waals surface area contributed by atoms with Crippen LogP contribution in [0, 0.1) is 11.3 Å². The minimum Gasteiger partial charge on any atom is -0.389 e. The summed E-state index contributed by atoms with van der Waals surface area (Å²) in [6.45, 7) is 4.71. The zero-order valence-electron chi connectivity index (χ0n) is 9.32. The molecule has 0 aliphatic carbocycles. The average Bonchev–Trinajstić information content (AvgIpc) is 2.14. The summed E-state index contributed by atoms with van der Waals surface area (Å²) in [6, 6.07) is 1.64. The molecular weight excluding hydrogens is 216 g/mol. The lowest BCUT2D eigenvalue weighted by Gasteiger charge is -2.23. The molecule has 0 heterocycles. The number of nitrogens with one attached hydrogen (secondary N) is 1. The van der Waals surface area contributed by atoms with E-state index in [4.69, 9.17) is 5.26 Å². The first kappa shape index (κ1) is 14.4. The van der Waals surface area contributed by atoms with Crippen LogP contribution in [0.5, 0.6) is 0 Å². The molecule has 0 aliphatic heterocycles. The fraction of sp³-hybridized carbons (Fsp3) is 0.889. The van der Waals surface area contributed by atoms with Crippen molar-refractivity contribution < 1.29 is 13.5 Å². The highest BCUT2D eigenvalue weighted by Crippen LogP contribution is 2.11. The molecule has 0 fully saturated rings. The summed E-state index contributed by atoms with van der Waals surface area (Å²) < 4.78 is 25.0. The number of hydrogen-bond acceptors (Lipinski definition) is 4. The van der Waals surface area contributed by atoms with Gasteiger partial charge in [-0.3, -0.25) is 0 Å². The standard InChI is InChI=1S/C9H18N2O3S/c1-4-5-9(3,12)7-11-15(13,14)8(2)6-10/h8,11-12H,4-5,7H2,1-3H3. The first-order valence-electron chi connectivity index (χ1n) is 4.85. The summed E-state index contributed by atoms with van der Waals surface area (Å²) in [7, 11) is -3.63. The van der Waals surface area contributed by atoms with Crippen molar-refractivity contribution in [3.8, 4) is 6.07 Å². The van der Waals surface area contributed by atoms with E-state index in [1.807, 2.05) is 6.92 Å². The van der Waals surface area contributed by atoms with Gasteiger partial charge in [-0.1, -0.05) is 13.3 Å². The Morgan fingerprint density at radius 2 is 2.13 bits per heavy atom. The predicted octanol–water partition coefficient (Wildman–Crippen LogP) is 0.369. The van der Waals surface area contributed by atoms with Crippen molar-refractivity contribution in [2.45, 2.75) is 44.5 Å². The third-order valence-corrected chi connectivity index (χ3v) is 3.67. The maximum atomic E-state index is 11.4. The monoisotopic (exact) mass is 234 g/mol. The fourth-order valence-electron chi connectivity index (χ4n) is 1.08. The van der Waals surface area contributed by atoms with Gasteiger partial charge in [0.05, 0.1) is 11.7 Å². The quantitative estimate of drug-likeness (QED) is 0.694. The van der Waals surface area contributed by atoms with Gasteiger partial charge in [0, 0.05) is 6.54 Å². The van der Waals surface area contributed by atoms with Gasteiger partial charge in [-0.2, -0.15) is 5.26 Å². The van der Waals surface area contributed by atoms with Crippen molar-refractivity contribution in [3.05, 3.63) is 0 Å². The van der Waals surface area contributed by atoms with E-state index < -0.39 is 20.9 Å². The minimum absolute atomic E-state index is 0.0603. The zero-order valence-corrected chi connectivity index (χ0v) is 10.1. The lowest BCUT2D eigenvalue weighted by Crippen LogP contribution is -2.43. The minimum atomic E-state index is -3.63. The third kappa shape index (κ3) is 5.11. The Balaban J connectivity index is 4.35. The molecule has 2 atom stereocenters. The Morgan fingerprint density at radius 3 is 2.53 bits per heavy atom. The van der Waals surface area contributed by atoms with E-state index in [1.54, 1.807) is 13.0 Å². The van der Waals surface area contributed by atoms with E-state index >= 15 is 0 Å². The van der Waals surface area contributed by atoms with E-state index in [0.717, 1.165) is 6.42 Å². The normalized spacial score (nSPS) is 17.8. The molecule has 0 aromatic carbocycles. The SMILES string of the molecule is CCCC(C)(O)CNS(=O)(=O)C(C)C#N. The molecule has 0 aromatic rings. The van der Waals surface area contributed by atoms with Crippen molar-refractivity contribution in [2.75, 3.05) is 6.54 Å². The summed E-state index contributed by atoms with van der Waals surface area (Å²) in [5, 5.41) is 17.1. The molecular formula is C9H18N2O3S. The number of hydrogen-bond donors (Lipinski definition) is 2. The topological polar surface area (TPSA) is 90.2 Å². The van der Waals surface area contributed by atoms with Gasteiger partial charge in [-0.05, 0) is 20.3 Å². The van der Waals surface area contributed by atoms with E-state index in [0.29, 0.717) is 6.42 Å². The Hall–Kier alpha value is -0.640. The van der Waals surface area contributed by atoms with Crippen molar-refractivity contribution in [2.24, 2.45) is 0 Å². The number of nitrogens with zero attached hydrogens (tertiary/aromatic N) is 1. The largest absolute Gasteiger partial charge is 0.389 e. The zero-order chi connectivity index (χ0) is 12.1. The molecule has 0 bridgehead atoms. The molecule has 0 aliphatic rings. The van der Waals surface area contributed by atoms with Crippen molar-refractivity contribution >= 4 is 10.0 Å². The van der Waals surface area contributed by atoms with E-state index in [-0.39, 0.29) is 6.54 Å². The van der Waals surface area contributed by atoms with Gasteiger partial charge in [-0.25, -0.2) is 13.1 Å². The highest BCUT2D eigenvalue weighted by atomic mass is 32.2. The second-order valence-electron chi connectivity index (χ2n) is 3.88. The third-order valence-electron chi connectivity index (χ3n) is 2.09. The van der Waals surface area contributed by atoms with Crippen LogP contribution in [0.3, 0.4) is 0 Å². The van der Waals surface area contributed by atoms with Crippen LogP contribution in [-0.2, 0) is 10.0 Å². The maximum absolute atomic E-state index is 11.4. The molecule has 15 heavy (non-hydrogen) atoms. The molecule has 0 saturated heterocycles. The van der Waals surface area contributed by atoms with Gasteiger partial charge in [-0.15, -0.1) is 0 Å². The molecule has 0 saturated carbocycles. The number of nitriles is 1. The first-order valence-corrected chi connectivity index (χ1v) is 6.40. The second-order valence-corrected chi connectivity index (χ2v) is 5.97. The van der Waals surface area contributed by atoms with E-state index in [1.165, 1.54) is 6.92 Å². The maximum Gasteiger partial charge on any atom is 0.227 e. The predicted molar refractivity (Wildman–Crippen MR) is 57.5 cm³/mol. The van der Waals surface area contributed by atoms with Crippen LogP contribution in [0.4, 0.5) is 0 Å². The second kappa shape index (κ2) is 5.45. The molecule has 0 rings (SSSR count). The molecule has 2 N–H and O–H groups in total. The highest BCUT2D eigenvalue weighted by Gasteiger charge is 2.25. The van der Waals surface area contributed by atoms with E-state index in [2.05, 4.69) is 4.72 Å². The molecule has 2 unspecified atom stereocenters. The Bertz CT molecular complexity index is 330. The molecule has 0 amide bonds. The van der Waals surface area contributed by atoms with Gasteiger partial charge >= 0.3 is 0 Å². The molecule has 0 aromatic heterocycles. The van der Waals surface area contributed by atoms with Crippen LogP contribution in [0.25, 0.3) is 0 Å². The smallest absolute Gasteiger partial charge is 0.227 e. The van der Waals surface area contributed by atoms with Gasteiger partial charge in [0.2, 0.25) is 10.0 Å². The molecule has 88 valence electrons. The van der Waals surface area contributed by atoms with Crippen molar-refractivity contribution in [1.29, 1.82) is 5.26 Å². The highest BCUT2D eigenvalue weighted by molar-refractivity contribution is 7.90. The van der Waals surface area contributed by atoms with Crippen LogP contribution in [-0.4, -0.2) is 30.9 Å². The average molecular weight is 234 g/mol. The van der Waals surface area contributed by atoms with Crippen molar-refractivity contribution in [3.63, 3.8) is 0 Å². The Kier molecular flexibility index (Phi) is 5.21. The molecule has 6 heteroatoms. The van der Waals surface area contributed by atoms with Crippen LogP contribution >= 0.6 is 0 Å². The summed E-state index contributed by atoms with van der Waals surface area (Å²) in [5.74, 6) is 0. The number of rotatable bonds is 6. The molecule has 5 nitrogen and oxygen atoms in total. The van der Waals surface area contributed by atoms with Gasteiger partial charge < -0.3 is 5.11 Å². The van der Waals surface area contributed by atoms with E-state index in [9.17, 15) is 13.5 Å². The first-order chi connectivity index (χ1) is 6.75.